The van der Waals surface area contributed by atoms with Gasteiger partial charge >= 0.3 is 6.03 Å². The Labute approximate surface area is 94.7 Å². The zero-order chi connectivity index (χ0) is 11.5. The van der Waals surface area contributed by atoms with E-state index in [-0.39, 0.29) is 0 Å². The normalized spacial score (nSPS) is 15.9. The highest BCUT2D eigenvalue weighted by Gasteiger charge is 2.25. The minimum absolute atomic E-state index is 0.533. The summed E-state index contributed by atoms with van der Waals surface area (Å²) in [6, 6.07) is 8.68. The van der Waals surface area contributed by atoms with Crippen molar-refractivity contribution in [3.8, 4) is 0 Å². The Hall–Kier alpha value is -1.84. The highest BCUT2D eigenvalue weighted by Crippen LogP contribution is 2.31. The molecule has 1 aromatic carbocycles. The van der Waals surface area contributed by atoms with Crippen LogP contribution in [0.25, 0.3) is 0 Å². The molecule has 0 radical (unpaired) electrons. The van der Waals surface area contributed by atoms with E-state index >= 15 is 0 Å². The van der Waals surface area contributed by atoms with Crippen LogP contribution in [-0.4, -0.2) is 11.7 Å². The van der Waals surface area contributed by atoms with Crippen LogP contribution in [-0.2, 0) is 0 Å². The maximum atomic E-state index is 11.3. The molecule has 84 valence electrons. The minimum Gasteiger partial charge on any atom is -0.350 e. The molecule has 1 aliphatic carbocycles. The van der Waals surface area contributed by atoms with Gasteiger partial charge in [0.15, 0.2) is 0 Å². The summed E-state index contributed by atoms with van der Waals surface area (Å²) in [5, 5.41) is 5.54. The molecule has 0 bridgehead atoms. The fourth-order valence-electron chi connectivity index (χ4n) is 1.54. The molecule has 1 saturated carbocycles. The van der Waals surface area contributed by atoms with Crippen molar-refractivity contribution in [2.45, 2.75) is 19.8 Å². The zero-order valence-corrected chi connectivity index (χ0v) is 9.26. The van der Waals surface area contributed by atoms with Gasteiger partial charge in [-0.05, 0) is 37.8 Å². The van der Waals surface area contributed by atoms with Crippen LogP contribution in [0.3, 0.4) is 0 Å². The van der Waals surface area contributed by atoms with E-state index in [1.54, 1.807) is 0 Å². The second kappa shape index (κ2) is 4.35. The van der Waals surface area contributed by atoms with Gasteiger partial charge in [0, 0.05) is 5.71 Å². The minimum atomic E-state index is -0.550. The van der Waals surface area contributed by atoms with Crippen molar-refractivity contribution in [3.05, 3.63) is 30.3 Å². The van der Waals surface area contributed by atoms with Crippen LogP contribution < -0.4 is 10.7 Å². The lowest BCUT2D eigenvalue weighted by Crippen LogP contribution is -2.32. The molecule has 1 aliphatic rings. The Morgan fingerprint density at radius 3 is 2.50 bits per heavy atom. The van der Waals surface area contributed by atoms with Gasteiger partial charge in [0.25, 0.3) is 0 Å². The topological polar surface area (TPSA) is 58.7 Å². The van der Waals surface area contributed by atoms with Gasteiger partial charge in [-0.3, -0.25) is 0 Å². The molecule has 2 amide bonds. The third-order valence-electron chi connectivity index (χ3n) is 2.64. The Kier molecular flexibility index (Phi) is 2.90. The summed E-state index contributed by atoms with van der Waals surface area (Å²) in [5.41, 5.74) is 7.00. The number of anilines is 1. The highest BCUT2D eigenvalue weighted by atomic mass is 16.2. The molecule has 1 aromatic rings. The van der Waals surface area contributed by atoms with Gasteiger partial charge in [0.2, 0.25) is 0 Å². The quantitative estimate of drug-likeness (QED) is 0.613. The number of rotatable bonds is 3. The lowest BCUT2D eigenvalue weighted by molar-refractivity contribution is 0.254. The molecule has 4 heteroatoms. The van der Waals surface area contributed by atoms with Gasteiger partial charge in [-0.25, -0.2) is 4.79 Å². The van der Waals surface area contributed by atoms with Crippen molar-refractivity contribution in [1.29, 1.82) is 0 Å². The molecule has 0 atom stereocenters. The van der Waals surface area contributed by atoms with Crippen LogP contribution in [0.15, 0.2) is 35.4 Å². The largest absolute Gasteiger partial charge is 0.350 e. The van der Waals surface area contributed by atoms with Gasteiger partial charge in [-0.15, -0.1) is 0 Å². The first-order valence-electron chi connectivity index (χ1n) is 5.38. The number of urea groups is 1. The molecule has 0 aliphatic heterocycles. The summed E-state index contributed by atoms with van der Waals surface area (Å²) >= 11 is 0. The average Bonchev–Trinajstić information content (AvgIpc) is 3.10. The van der Waals surface area contributed by atoms with Crippen LogP contribution >= 0.6 is 0 Å². The van der Waals surface area contributed by atoms with Crippen LogP contribution in [0.5, 0.6) is 0 Å². The number of amides is 2. The molecule has 2 N–H and O–H groups in total. The number of nitrogens with zero attached hydrogens (tertiary/aromatic N) is 2. The van der Waals surface area contributed by atoms with E-state index in [0.717, 1.165) is 18.6 Å². The van der Waals surface area contributed by atoms with Crippen molar-refractivity contribution >= 4 is 17.4 Å². The van der Waals surface area contributed by atoms with Crippen molar-refractivity contribution in [3.63, 3.8) is 0 Å². The SMILES string of the molecule is C/C(=N/N(C(N)=O)c1ccccc1)C1CC1. The predicted octanol–water partition coefficient (Wildman–Crippen LogP) is 2.36. The van der Waals surface area contributed by atoms with Gasteiger partial charge in [0.1, 0.15) is 0 Å². The monoisotopic (exact) mass is 217 g/mol. The first-order valence-corrected chi connectivity index (χ1v) is 5.38. The number of hydrazone groups is 1. The molecule has 0 spiro atoms. The molecule has 4 nitrogen and oxygen atoms in total. The number of benzene rings is 1. The Morgan fingerprint density at radius 2 is 2.00 bits per heavy atom. The van der Waals surface area contributed by atoms with Gasteiger partial charge in [-0.1, -0.05) is 18.2 Å². The maximum absolute atomic E-state index is 11.3. The van der Waals surface area contributed by atoms with Crippen LogP contribution in [0.4, 0.5) is 10.5 Å². The van der Waals surface area contributed by atoms with Crippen LogP contribution in [0.1, 0.15) is 19.8 Å². The van der Waals surface area contributed by atoms with E-state index in [2.05, 4.69) is 5.10 Å². The number of hydrogen-bond acceptors (Lipinski definition) is 2. The number of hydrogen-bond donors (Lipinski definition) is 1. The third-order valence-corrected chi connectivity index (χ3v) is 2.64. The summed E-state index contributed by atoms with van der Waals surface area (Å²) < 4.78 is 0. The molecule has 0 saturated heterocycles. The molecule has 0 unspecified atom stereocenters. The van der Waals surface area contributed by atoms with E-state index < -0.39 is 6.03 Å². The summed E-state index contributed by atoms with van der Waals surface area (Å²) in [7, 11) is 0. The van der Waals surface area contributed by atoms with Gasteiger partial charge in [0.05, 0.1) is 5.69 Å². The molecule has 0 aromatic heterocycles. The summed E-state index contributed by atoms with van der Waals surface area (Å²) in [6.45, 7) is 1.94. The zero-order valence-electron chi connectivity index (χ0n) is 9.26. The Bertz CT molecular complexity index is 410. The second-order valence-corrected chi connectivity index (χ2v) is 4.00. The smallest absolute Gasteiger partial charge is 0.339 e. The van der Waals surface area contributed by atoms with Crippen molar-refractivity contribution in [1.82, 2.24) is 0 Å². The lowest BCUT2D eigenvalue weighted by Gasteiger charge is -2.15. The van der Waals surface area contributed by atoms with Crippen molar-refractivity contribution in [2.75, 3.05) is 5.01 Å². The van der Waals surface area contributed by atoms with Crippen LogP contribution in [0, 0.1) is 5.92 Å². The molecule has 1 fully saturated rings. The summed E-state index contributed by atoms with van der Waals surface area (Å²) in [6.07, 6.45) is 2.33. The molecule has 2 rings (SSSR count). The predicted molar refractivity (Wildman–Crippen MR) is 64.3 cm³/mol. The number of carbonyl (C=O) groups excluding carboxylic acids is 1. The number of primary amides is 1. The standard InChI is InChI=1S/C12H15N3O/c1-9(10-7-8-10)14-15(12(13)16)11-5-3-2-4-6-11/h2-6,10H,7-8H2,1H3,(H2,13,16)/b14-9-. The van der Waals surface area contributed by atoms with E-state index in [1.165, 1.54) is 5.01 Å². The fraction of sp³-hybridized carbons (Fsp3) is 0.333. The van der Waals surface area contributed by atoms with Gasteiger partial charge < -0.3 is 5.73 Å². The fourth-order valence-corrected chi connectivity index (χ4v) is 1.54. The maximum Gasteiger partial charge on any atom is 0.339 e. The second-order valence-electron chi connectivity index (χ2n) is 4.00. The van der Waals surface area contributed by atoms with E-state index in [1.807, 2.05) is 37.3 Å². The van der Waals surface area contributed by atoms with Crippen molar-refractivity contribution in [2.24, 2.45) is 16.8 Å². The first kappa shape index (κ1) is 10.7. The van der Waals surface area contributed by atoms with E-state index in [0.29, 0.717) is 11.6 Å². The number of para-hydroxylation sites is 1. The molecular formula is C12H15N3O. The van der Waals surface area contributed by atoms with Crippen LogP contribution in [0.2, 0.25) is 0 Å². The Balaban J connectivity index is 2.24. The molecule has 0 heterocycles. The highest BCUT2D eigenvalue weighted by molar-refractivity contribution is 5.95. The Morgan fingerprint density at radius 1 is 1.38 bits per heavy atom. The molecule has 16 heavy (non-hydrogen) atoms. The van der Waals surface area contributed by atoms with E-state index in [4.69, 9.17) is 5.73 Å². The lowest BCUT2D eigenvalue weighted by atomic mass is 10.3. The first-order chi connectivity index (χ1) is 7.68. The van der Waals surface area contributed by atoms with E-state index in [9.17, 15) is 4.79 Å². The summed E-state index contributed by atoms with van der Waals surface area (Å²) in [5.74, 6) is 0.533. The summed E-state index contributed by atoms with van der Waals surface area (Å²) in [4.78, 5) is 11.3. The van der Waals surface area contributed by atoms with Gasteiger partial charge in [-0.2, -0.15) is 10.1 Å². The average molecular weight is 217 g/mol. The molecular weight excluding hydrogens is 202 g/mol. The van der Waals surface area contributed by atoms with Crippen molar-refractivity contribution < 1.29 is 4.79 Å². The third kappa shape index (κ3) is 2.39. The number of carbonyl (C=O) groups is 1. The number of nitrogens with two attached hydrogens (primary N) is 1.